The molecule has 1 fully saturated rings. The maximum absolute atomic E-state index is 12.4. The minimum Gasteiger partial charge on any atom is -0.346 e. The number of hydrogen-bond acceptors (Lipinski definition) is 5. The average Bonchev–Trinajstić information content (AvgIpc) is 3.17. The highest BCUT2D eigenvalue weighted by molar-refractivity contribution is 5.92. The molecule has 3 rings (SSSR count). The van der Waals surface area contributed by atoms with Crippen LogP contribution in [0.3, 0.4) is 0 Å². The Morgan fingerprint density at radius 1 is 1.33 bits per heavy atom. The lowest BCUT2D eigenvalue weighted by atomic mass is 10.0. The topological polar surface area (TPSA) is 105 Å². The Balaban J connectivity index is 0.00000261. The van der Waals surface area contributed by atoms with Gasteiger partial charge in [-0.25, -0.2) is 5.10 Å². The maximum atomic E-state index is 12.4. The summed E-state index contributed by atoms with van der Waals surface area (Å²) in [5.74, 6) is -0.274. The Hall–Kier alpha value is -2.19. The fraction of sp³-hybridized carbons (Fsp3) is 0.556. The first kappa shape index (κ1) is 21.1. The van der Waals surface area contributed by atoms with E-state index in [1.807, 2.05) is 24.7 Å². The minimum absolute atomic E-state index is 0. The molecule has 0 saturated carbocycles. The van der Waals surface area contributed by atoms with Crippen LogP contribution in [0.5, 0.6) is 0 Å². The summed E-state index contributed by atoms with van der Waals surface area (Å²) in [6.45, 7) is 6.06. The smallest absolute Gasteiger partial charge is 0.272 e. The Kier molecular flexibility index (Phi) is 7.55. The fourth-order valence-corrected chi connectivity index (χ4v) is 3.44. The van der Waals surface area contributed by atoms with Crippen LogP contribution in [0.15, 0.2) is 17.1 Å². The van der Waals surface area contributed by atoms with Gasteiger partial charge in [-0.1, -0.05) is 13.8 Å². The van der Waals surface area contributed by atoms with E-state index in [2.05, 4.69) is 25.9 Å². The molecule has 27 heavy (non-hydrogen) atoms. The molecule has 148 valence electrons. The molecule has 2 aromatic rings. The van der Waals surface area contributed by atoms with E-state index < -0.39 is 0 Å². The second-order valence-electron chi connectivity index (χ2n) is 6.53. The quantitative estimate of drug-likeness (QED) is 0.686. The van der Waals surface area contributed by atoms with E-state index in [0.717, 1.165) is 43.6 Å². The maximum Gasteiger partial charge on any atom is 0.272 e. The number of aromatic nitrogens is 4. The summed E-state index contributed by atoms with van der Waals surface area (Å²) in [7, 11) is 0. The van der Waals surface area contributed by atoms with Crippen LogP contribution in [0.25, 0.3) is 0 Å². The molecule has 1 atom stereocenters. The largest absolute Gasteiger partial charge is 0.346 e. The number of nitrogens with zero attached hydrogens (tertiary/aromatic N) is 3. The Morgan fingerprint density at radius 3 is 2.81 bits per heavy atom. The van der Waals surface area contributed by atoms with Crippen molar-refractivity contribution in [3.05, 3.63) is 45.1 Å². The normalized spacial score (nSPS) is 16.6. The third-order valence-corrected chi connectivity index (χ3v) is 4.88. The van der Waals surface area contributed by atoms with Gasteiger partial charge in [0.25, 0.3) is 11.5 Å². The number of halogens is 1. The summed E-state index contributed by atoms with van der Waals surface area (Å²) in [5.41, 5.74) is 2.47. The van der Waals surface area contributed by atoms with Gasteiger partial charge in [0, 0.05) is 24.8 Å². The second kappa shape index (κ2) is 9.66. The van der Waals surface area contributed by atoms with Gasteiger partial charge in [0.15, 0.2) is 0 Å². The summed E-state index contributed by atoms with van der Waals surface area (Å²) in [5, 5.41) is 17.2. The fourth-order valence-electron chi connectivity index (χ4n) is 3.44. The number of aryl methyl sites for hydroxylation is 1. The highest BCUT2D eigenvalue weighted by Gasteiger charge is 2.18. The Morgan fingerprint density at radius 2 is 2.15 bits per heavy atom. The van der Waals surface area contributed by atoms with Crippen molar-refractivity contribution < 1.29 is 4.79 Å². The van der Waals surface area contributed by atoms with Crippen LogP contribution in [0.2, 0.25) is 0 Å². The lowest BCUT2D eigenvalue weighted by molar-refractivity contribution is 0.0944. The van der Waals surface area contributed by atoms with E-state index in [1.165, 1.54) is 0 Å². The molecule has 2 aromatic heterocycles. The number of nitrogens with one attached hydrogen (secondary N) is 3. The monoisotopic (exact) mass is 394 g/mol. The van der Waals surface area contributed by atoms with Gasteiger partial charge in [-0.15, -0.1) is 12.4 Å². The average molecular weight is 395 g/mol. The first-order valence-corrected chi connectivity index (χ1v) is 9.27. The lowest BCUT2D eigenvalue weighted by Crippen LogP contribution is -2.32. The molecule has 1 unspecified atom stereocenters. The van der Waals surface area contributed by atoms with Crippen LogP contribution in [0.4, 0.5) is 0 Å². The Bertz CT molecular complexity index is 825. The number of aromatic amines is 1. The molecule has 1 saturated heterocycles. The molecule has 0 spiro atoms. The molecule has 3 N–H and O–H groups in total. The van der Waals surface area contributed by atoms with E-state index in [4.69, 9.17) is 0 Å². The second-order valence-corrected chi connectivity index (χ2v) is 6.53. The molecule has 0 aromatic carbocycles. The molecule has 1 amide bonds. The SMILES string of the molecule is CCc1n[nH]c(=O)c(CNC(=O)c2ccn(C3CCCNC3)n2)c1CC.Cl. The van der Waals surface area contributed by atoms with Crippen LogP contribution < -0.4 is 16.2 Å². The van der Waals surface area contributed by atoms with Gasteiger partial charge in [-0.3, -0.25) is 14.3 Å². The van der Waals surface area contributed by atoms with E-state index in [9.17, 15) is 9.59 Å². The molecular weight excluding hydrogens is 368 g/mol. The van der Waals surface area contributed by atoms with Crippen LogP contribution in [-0.4, -0.2) is 39.0 Å². The van der Waals surface area contributed by atoms with Crippen LogP contribution >= 0.6 is 12.4 Å². The van der Waals surface area contributed by atoms with Crippen molar-refractivity contribution in [3.63, 3.8) is 0 Å². The third-order valence-electron chi connectivity index (χ3n) is 4.88. The predicted molar refractivity (Wildman–Crippen MR) is 105 cm³/mol. The number of carbonyl (C=O) groups is 1. The van der Waals surface area contributed by atoms with Gasteiger partial charge in [0.1, 0.15) is 5.69 Å². The minimum atomic E-state index is -0.274. The molecule has 1 aliphatic rings. The molecule has 0 bridgehead atoms. The zero-order chi connectivity index (χ0) is 18.5. The van der Waals surface area contributed by atoms with Crippen molar-refractivity contribution in [2.75, 3.05) is 13.1 Å². The summed E-state index contributed by atoms with van der Waals surface area (Å²) in [4.78, 5) is 24.6. The lowest BCUT2D eigenvalue weighted by Gasteiger charge is -2.22. The number of amides is 1. The Labute approximate surface area is 164 Å². The van der Waals surface area contributed by atoms with E-state index in [1.54, 1.807) is 6.07 Å². The van der Waals surface area contributed by atoms with Crippen LogP contribution in [-0.2, 0) is 19.4 Å². The van der Waals surface area contributed by atoms with Crippen molar-refractivity contribution in [2.24, 2.45) is 0 Å². The number of carbonyl (C=O) groups excluding carboxylic acids is 1. The van der Waals surface area contributed by atoms with Gasteiger partial charge in [-0.05, 0) is 43.9 Å². The highest BCUT2D eigenvalue weighted by Crippen LogP contribution is 2.16. The standard InChI is InChI=1S/C18H26N6O2.ClH/c1-3-13-14(17(25)22-21-15(13)4-2)11-20-18(26)16-7-9-24(23-16)12-6-5-8-19-10-12;/h7,9,12,19H,3-6,8,10-11H2,1-2H3,(H,20,26)(H,22,25);1H. The van der Waals surface area contributed by atoms with Gasteiger partial charge < -0.3 is 10.6 Å². The molecule has 9 heteroatoms. The van der Waals surface area contributed by atoms with Gasteiger partial charge in [0.05, 0.1) is 11.7 Å². The summed E-state index contributed by atoms with van der Waals surface area (Å²) in [6, 6.07) is 2.01. The first-order chi connectivity index (χ1) is 12.6. The zero-order valence-electron chi connectivity index (χ0n) is 15.7. The molecule has 8 nitrogen and oxygen atoms in total. The van der Waals surface area contributed by atoms with Crippen LogP contribution in [0.1, 0.15) is 60.0 Å². The highest BCUT2D eigenvalue weighted by atomic mass is 35.5. The molecule has 0 radical (unpaired) electrons. The van der Waals surface area contributed by atoms with E-state index in [-0.39, 0.29) is 36.5 Å². The molecule has 3 heterocycles. The van der Waals surface area contributed by atoms with Crippen molar-refractivity contribution in [3.8, 4) is 0 Å². The predicted octanol–water partition coefficient (Wildman–Crippen LogP) is 1.37. The molecule has 0 aliphatic carbocycles. The van der Waals surface area contributed by atoms with Gasteiger partial charge in [-0.2, -0.15) is 10.2 Å². The first-order valence-electron chi connectivity index (χ1n) is 9.27. The van der Waals surface area contributed by atoms with E-state index >= 15 is 0 Å². The van der Waals surface area contributed by atoms with E-state index in [0.29, 0.717) is 17.7 Å². The summed E-state index contributed by atoms with van der Waals surface area (Å²) >= 11 is 0. The zero-order valence-corrected chi connectivity index (χ0v) is 16.6. The van der Waals surface area contributed by atoms with Crippen LogP contribution in [0, 0.1) is 0 Å². The number of H-pyrrole nitrogens is 1. The number of hydrogen-bond donors (Lipinski definition) is 3. The number of rotatable bonds is 6. The van der Waals surface area contributed by atoms with Gasteiger partial charge >= 0.3 is 0 Å². The van der Waals surface area contributed by atoms with Crippen molar-refractivity contribution in [1.29, 1.82) is 0 Å². The third kappa shape index (κ3) is 4.75. The molecule has 1 aliphatic heterocycles. The number of piperidine rings is 1. The molecular formula is C18H27ClN6O2. The van der Waals surface area contributed by atoms with Crippen molar-refractivity contribution in [1.82, 2.24) is 30.6 Å². The van der Waals surface area contributed by atoms with Crippen molar-refractivity contribution >= 4 is 18.3 Å². The summed E-state index contributed by atoms with van der Waals surface area (Å²) in [6.07, 6.45) is 5.45. The van der Waals surface area contributed by atoms with Crippen molar-refractivity contribution in [2.45, 2.75) is 52.1 Å². The summed E-state index contributed by atoms with van der Waals surface area (Å²) < 4.78 is 1.85. The van der Waals surface area contributed by atoms with Gasteiger partial charge in [0.2, 0.25) is 0 Å².